The zero-order valence-electron chi connectivity index (χ0n) is 19.4. The van der Waals surface area contributed by atoms with Gasteiger partial charge in [-0.25, -0.2) is 4.79 Å². The van der Waals surface area contributed by atoms with E-state index < -0.39 is 23.6 Å². The van der Waals surface area contributed by atoms with Crippen molar-refractivity contribution in [2.75, 3.05) is 11.9 Å². The molecule has 0 fully saturated rings. The van der Waals surface area contributed by atoms with Crippen LogP contribution in [0, 0.1) is 6.92 Å². The van der Waals surface area contributed by atoms with Gasteiger partial charge in [0, 0.05) is 18.8 Å². The summed E-state index contributed by atoms with van der Waals surface area (Å²) in [6.45, 7) is 3.48. The number of amides is 2. The maximum Gasteiger partial charge on any atom is 0.319 e. The molecule has 1 aromatic heterocycles. The number of halogens is 2. The first kappa shape index (κ1) is 26.1. The molecule has 0 spiro atoms. The monoisotopic (exact) mass is 517 g/mol. The average Bonchev–Trinajstić information content (AvgIpc) is 2.82. The Morgan fingerprint density at radius 2 is 1.83 bits per heavy atom. The summed E-state index contributed by atoms with van der Waals surface area (Å²) in [4.78, 5) is 37.5. The van der Waals surface area contributed by atoms with Crippen LogP contribution in [0.25, 0.3) is 11.1 Å². The number of carbonyl (C=O) groups is 2. The molecule has 0 saturated carbocycles. The fourth-order valence-electron chi connectivity index (χ4n) is 3.56. The maximum atomic E-state index is 12.8. The molecule has 3 rings (SSSR count). The molecule has 8 nitrogen and oxygen atoms in total. The second-order valence-corrected chi connectivity index (χ2v) is 8.68. The van der Waals surface area contributed by atoms with Crippen LogP contribution in [0.15, 0.2) is 53.5 Å². The summed E-state index contributed by atoms with van der Waals surface area (Å²) < 4.78 is 6.32. The van der Waals surface area contributed by atoms with Crippen molar-refractivity contribution in [1.82, 2.24) is 9.88 Å². The molecule has 10 heteroatoms. The van der Waals surface area contributed by atoms with Gasteiger partial charge in [0.05, 0.1) is 29.1 Å². The van der Waals surface area contributed by atoms with Gasteiger partial charge in [0.1, 0.15) is 5.75 Å². The average molecular weight is 518 g/mol. The number of anilines is 1. The number of aromatic hydroxyl groups is 1. The van der Waals surface area contributed by atoms with Crippen LogP contribution >= 0.6 is 23.2 Å². The standard InChI is InChI=1S/C25H25Cl2N3O5/c1-4-35-21(31)12-20(28-25(34)29-22-23(32)14(2)13-30(3)24(22)33)17-7-5-6-15(10-17)16-8-9-18(26)19(27)11-16/h5-11,13,20,32H,4,12H2,1-3H3,(H2,28,29,34). The van der Waals surface area contributed by atoms with Crippen LogP contribution in [-0.4, -0.2) is 28.3 Å². The van der Waals surface area contributed by atoms with Crippen LogP contribution in [0.1, 0.15) is 30.5 Å². The quantitative estimate of drug-likeness (QED) is 0.373. The molecule has 2 amide bonds. The van der Waals surface area contributed by atoms with Crippen LogP contribution in [0.3, 0.4) is 0 Å². The van der Waals surface area contributed by atoms with Gasteiger partial charge in [-0.2, -0.15) is 0 Å². The minimum Gasteiger partial charge on any atom is -0.505 e. The zero-order valence-corrected chi connectivity index (χ0v) is 20.9. The molecule has 35 heavy (non-hydrogen) atoms. The fraction of sp³-hybridized carbons (Fsp3) is 0.240. The lowest BCUT2D eigenvalue weighted by Gasteiger charge is -2.20. The molecule has 0 saturated heterocycles. The number of urea groups is 1. The van der Waals surface area contributed by atoms with E-state index in [-0.39, 0.29) is 24.5 Å². The number of rotatable bonds is 7. The second-order valence-electron chi connectivity index (χ2n) is 7.87. The van der Waals surface area contributed by atoms with Crippen molar-refractivity contribution in [2.24, 2.45) is 7.05 Å². The van der Waals surface area contributed by atoms with Gasteiger partial charge in [0.15, 0.2) is 5.69 Å². The largest absolute Gasteiger partial charge is 0.505 e. The lowest BCUT2D eigenvalue weighted by Crippen LogP contribution is -2.36. The van der Waals surface area contributed by atoms with Gasteiger partial charge < -0.3 is 25.0 Å². The minimum atomic E-state index is -0.785. The van der Waals surface area contributed by atoms with Gasteiger partial charge in [-0.05, 0) is 48.7 Å². The highest BCUT2D eigenvalue weighted by atomic mass is 35.5. The molecule has 0 aliphatic carbocycles. The molecule has 0 bridgehead atoms. The number of carbonyl (C=O) groups excluding carboxylic acids is 2. The summed E-state index contributed by atoms with van der Waals surface area (Å²) in [5.74, 6) is -0.834. The summed E-state index contributed by atoms with van der Waals surface area (Å²) >= 11 is 12.2. The summed E-state index contributed by atoms with van der Waals surface area (Å²) in [6, 6.07) is 10.9. The van der Waals surface area contributed by atoms with E-state index in [1.165, 1.54) is 17.8 Å². The van der Waals surface area contributed by atoms with Crippen molar-refractivity contribution in [3.05, 3.63) is 80.2 Å². The number of hydrogen-bond acceptors (Lipinski definition) is 5. The van der Waals surface area contributed by atoms with Crippen molar-refractivity contribution in [3.8, 4) is 16.9 Å². The first-order valence-corrected chi connectivity index (χ1v) is 11.5. The number of benzene rings is 2. The highest BCUT2D eigenvalue weighted by Gasteiger charge is 2.22. The predicted molar refractivity (Wildman–Crippen MR) is 136 cm³/mol. The molecule has 1 atom stereocenters. The number of ether oxygens (including phenoxy) is 1. The summed E-state index contributed by atoms with van der Waals surface area (Å²) in [5.41, 5.74) is 1.80. The van der Waals surface area contributed by atoms with Crippen molar-refractivity contribution < 1.29 is 19.4 Å². The fourth-order valence-corrected chi connectivity index (χ4v) is 3.85. The van der Waals surface area contributed by atoms with E-state index in [1.54, 1.807) is 38.1 Å². The van der Waals surface area contributed by atoms with E-state index >= 15 is 0 Å². The molecule has 0 aliphatic rings. The molecule has 3 aromatic rings. The van der Waals surface area contributed by atoms with E-state index in [4.69, 9.17) is 27.9 Å². The van der Waals surface area contributed by atoms with Gasteiger partial charge in [0.2, 0.25) is 0 Å². The Kier molecular flexibility index (Phi) is 8.43. The number of aryl methyl sites for hydroxylation is 2. The van der Waals surface area contributed by atoms with Crippen LogP contribution < -0.4 is 16.2 Å². The normalized spacial score (nSPS) is 11.6. The van der Waals surface area contributed by atoms with Crippen LogP contribution in [0.5, 0.6) is 5.75 Å². The van der Waals surface area contributed by atoms with E-state index in [2.05, 4.69) is 10.6 Å². The van der Waals surface area contributed by atoms with Gasteiger partial charge in [-0.3, -0.25) is 9.59 Å². The van der Waals surface area contributed by atoms with Crippen molar-refractivity contribution in [3.63, 3.8) is 0 Å². The maximum absolute atomic E-state index is 12.8. The number of hydrogen-bond donors (Lipinski definition) is 3. The molecule has 184 valence electrons. The lowest BCUT2D eigenvalue weighted by atomic mass is 9.98. The molecule has 0 aliphatic heterocycles. The Morgan fingerprint density at radius 1 is 1.11 bits per heavy atom. The van der Waals surface area contributed by atoms with Crippen molar-refractivity contribution in [1.29, 1.82) is 0 Å². The molecule has 3 N–H and O–H groups in total. The summed E-state index contributed by atoms with van der Waals surface area (Å²) in [7, 11) is 1.51. The number of esters is 1. The Hall–Kier alpha value is -3.49. The van der Waals surface area contributed by atoms with Gasteiger partial charge in [-0.15, -0.1) is 0 Å². The number of nitrogens with one attached hydrogen (secondary N) is 2. The summed E-state index contributed by atoms with van der Waals surface area (Å²) in [5, 5.41) is 16.2. The topological polar surface area (TPSA) is 110 Å². The molecule has 1 heterocycles. The third kappa shape index (κ3) is 6.35. The molecule has 0 radical (unpaired) electrons. The van der Waals surface area contributed by atoms with Gasteiger partial charge >= 0.3 is 12.0 Å². The lowest BCUT2D eigenvalue weighted by molar-refractivity contribution is -0.143. The number of aromatic nitrogens is 1. The Labute approximate surface area is 212 Å². The van der Waals surface area contributed by atoms with Crippen LogP contribution in [0.4, 0.5) is 10.5 Å². The van der Waals surface area contributed by atoms with Crippen molar-refractivity contribution in [2.45, 2.75) is 26.3 Å². The van der Waals surface area contributed by atoms with Crippen LogP contribution in [-0.2, 0) is 16.6 Å². The highest BCUT2D eigenvalue weighted by molar-refractivity contribution is 6.42. The Balaban J connectivity index is 1.91. The van der Waals surface area contributed by atoms with E-state index in [1.807, 2.05) is 18.2 Å². The van der Waals surface area contributed by atoms with E-state index in [9.17, 15) is 19.5 Å². The Morgan fingerprint density at radius 3 is 2.51 bits per heavy atom. The first-order chi connectivity index (χ1) is 16.6. The minimum absolute atomic E-state index is 0.149. The molecular weight excluding hydrogens is 493 g/mol. The second kappa shape index (κ2) is 11.3. The third-order valence-electron chi connectivity index (χ3n) is 5.29. The van der Waals surface area contributed by atoms with Gasteiger partial charge in [0.25, 0.3) is 5.56 Å². The molecular formula is C25H25Cl2N3O5. The van der Waals surface area contributed by atoms with E-state index in [0.717, 1.165) is 11.1 Å². The summed E-state index contributed by atoms with van der Waals surface area (Å²) in [6.07, 6.45) is 1.31. The van der Waals surface area contributed by atoms with E-state index in [0.29, 0.717) is 21.2 Å². The molecule has 2 aromatic carbocycles. The smallest absolute Gasteiger partial charge is 0.319 e. The van der Waals surface area contributed by atoms with Crippen LogP contribution in [0.2, 0.25) is 10.0 Å². The number of pyridine rings is 1. The number of nitrogens with zero attached hydrogens (tertiary/aromatic N) is 1. The highest BCUT2D eigenvalue weighted by Crippen LogP contribution is 2.30. The molecule has 1 unspecified atom stereocenters. The SMILES string of the molecule is CCOC(=O)CC(NC(=O)Nc1c(O)c(C)cn(C)c1=O)c1cccc(-c2ccc(Cl)c(Cl)c2)c1. The van der Waals surface area contributed by atoms with Gasteiger partial charge in [-0.1, -0.05) is 47.5 Å². The Bertz CT molecular complexity index is 1320. The third-order valence-corrected chi connectivity index (χ3v) is 6.03. The zero-order chi connectivity index (χ0) is 25.7. The van der Waals surface area contributed by atoms with Crippen molar-refractivity contribution >= 4 is 40.9 Å². The predicted octanol–water partition coefficient (Wildman–Crippen LogP) is 5.19. The first-order valence-electron chi connectivity index (χ1n) is 10.8.